The van der Waals surface area contributed by atoms with E-state index < -0.39 is 21.7 Å². The van der Waals surface area contributed by atoms with Crippen LogP contribution in [-0.4, -0.2) is 33.5 Å². The van der Waals surface area contributed by atoms with Crippen molar-refractivity contribution in [1.82, 2.24) is 0 Å². The molecule has 0 spiro atoms. The predicted molar refractivity (Wildman–Crippen MR) is 127 cm³/mol. The normalized spacial score (nSPS) is 11.3. The largest absolute Gasteiger partial charge is 0.507 e. The van der Waals surface area contributed by atoms with Crippen molar-refractivity contribution in [2.24, 2.45) is 0 Å². The summed E-state index contributed by atoms with van der Waals surface area (Å²) in [6, 6.07) is 7.34. The Hall–Kier alpha value is -2.74. The molecule has 0 aliphatic rings. The summed E-state index contributed by atoms with van der Waals surface area (Å²) < 4.78 is 41.8. The molecule has 0 saturated carbocycles. The fourth-order valence-corrected chi connectivity index (χ4v) is 4.47. The molecule has 2 aromatic rings. The minimum Gasteiger partial charge on any atom is -0.507 e. The maximum Gasteiger partial charge on any atom is 0.339 e. The number of phenols is 1. The zero-order valence-corrected chi connectivity index (χ0v) is 20.7. The van der Waals surface area contributed by atoms with Crippen LogP contribution in [0.3, 0.4) is 0 Å². The molecule has 0 radical (unpaired) electrons. The number of hydrogen-bond acceptors (Lipinski definition) is 7. The summed E-state index contributed by atoms with van der Waals surface area (Å²) in [5, 5.41) is 10.6. The SMILES string of the molecule is CCCCCCCCCC(=O)c1c(O)cc(OC)c(OC)c1OS(=O)(=O)c1ccc(C)cc1. The Bertz CT molecular complexity index is 1030. The van der Waals surface area contributed by atoms with E-state index in [1.807, 2.05) is 6.92 Å². The maximum atomic E-state index is 13.0. The number of aryl methyl sites for hydroxylation is 1. The number of benzene rings is 2. The molecular formula is C25H34O7S. The third-order valence-corrected chi connectivity index (χ3v) is 6.63. The summed E-state index contributed by atoms with van der Waals surface area (Å²) in [6.45, 7) is 3.99. The van der Waals surface area contributed by atoms with Gasteiger partial charge in [-0.25, -0.2) is 0 Å². The van der Waals surface area contributed by atoms with E-state index in [0.29, 0.717) is 6.42 Å². The van der Waals surface area contributed by atoms with Gasteiger partial charge in [0.25, 0.3) is 0 Å². The van der Waals surface area contributed by atoms with Crippen molar-refractivity contribution in [2.75, 3.05) is 14.2 Å². The van der Waals surface area contributed by atoms with Crippen molar-refractivity contribution in [3.8, 4) is 23.0 Å². The first kappa shape index (κ1) is 26.5. The Balaban J connectivity index is 2.33. The first-order valence-electron chi connectivity index (χ1n) is 11.3. The molecule has 2 rings (SSSR count). The number of methoxy groups -OCH3 is 2. The van der Waals surface area contributed by atoms with Gasteiger partial charge < -0.3 is 18.8 Å². The van der Waals surface area contributed by atoms with Gasteiger partial charge in [0.15, 0.2) is 11.5 Å². The van der Waals surface area contributed by atoms with Gasteiger partial charge in [-0.1, -0.05) is 63.1 Å². The molecular weight excluding hydrogens is 444 g/mol. The highest BCUT2D eigenvalue weighted by atomic mass is 32.2. The second-order valence-electron chi connectivity index (χ2n) is 7.98. The first-order valence-corrected chi connectivity index (χ1v) is 12.7. The summed E-state index contributed by atoms with van der Waals surface area (Å²) in [5.74, 6) is -1.24. The van der Waals surface area contributed by atoms with Crippen molar-refractivity contribution in [3.63, 3.8) is 0 Å². The molecule has 0 aliphatic heterocycles. The summed E-state index contributed by atoms with van der Waals surface area (Å²) in [5.41, 5.74) is 0.658. The molecule has 0 fully saturated rings. The van der Waals surface area contributed by atoms with Gasteiger partial charge in [0.05, 0.1) is 14.2 Å². The molecule has 0 heterocycles. The quantitative estimate of drug-likeness (QED) is 0.208. The number of unbranched alkanes of at least 4 members (excludes halogenated alkanes) is 6. The highest BCUT2D eigenvalue weighted by Crippen LogP contribution is 2.46. The molecule has 33 heavy (non-hydrogen) atoms. The second kappa shape index (κ2) is 12.5. The fourth-order valence-electron chi connectivity index (χ4n) is 3.53. The Morgan fingerprint density at radius 1 is 0.909 bits per heavy atom. The standard InChI is InChI=1S/C25H34O7S/c1-5-6-7-8-9-10-11-12-20(26)23-21(27)17-22(30-3)24(31-4)25(23)32-33(28,29)19-15-13-18(2)14-16-19/h13-17,27H,5-12H2,1-4H3. The van der Waals surface area contributed by atoms with Gasteiger partial charge in [0, 0.05) is 12.5 Å². The van der Waals surface area contributed by atoms with Gasteiger partial charge in [0.1, 0.15) is 16.2 Å². The molecule has 0 amide bonds. The zero-order valence-electron chi connectivity index (χ0n) is 19.8. The van der Waals surface area contributed by atoms with E-state index in [1.165, 1.54) is 51.7 Å². The van der Waals surface area contributed by atoms with Crippen molar-refractivity contribution in [1.29, 1.82) is 0 Å². The summed E-state index contributed by atoms with van der Waals surface area (Å²) in [7, 11) is -1.64. The second-order valence-corrected chi connectivity index (χ2v) is 9.53. The lowest BCUT2D eigenvalue weighted by Crippen LogP contribution is -2.14. The molecule has 7 nitrogen and oxygen atoms in total. The van der Waals surface area contributed by atoms with Gasteiger partial charge in [-0.05, 0) is 25.5 Å². The van der Waals surface area contributed by atoms with Gasteiger partial charge in [-0.2, -0.15) is 8.42 Å². The van der Waals surface area contributed by atoms with E-state index in [2.05, 4.69) is 6.92 Å². The van der Waals surface area contributed by atoms with E-state index in [-0.39, 0.29) is 34.1 Å². The van der Waals surface area contributed by atoms with Crippen LogP contribution in [0.25, 0.3) is 0 Å². The van der Waals surface area contributed by atoms with Crippen LogP contribution in [0.4, 0.5) is 0 Å². The summed E-state index contributed by atoms with van der Waals surface area (Å²) in [4.78, 5) is 12.9. The molecule has 0 unspecified atom stereocenters. The molecule has 8 heteroatoms. The molecule has 0 atom stereocenters. The predicted octanol–water partition coefficient (Wildman–Crippen LogP) is 5.81. The fraction of sp³-hybridized carbons (Fsp3) is 0.480. The molecule has 0 aliphatic carbocycles. The van der Waals surface area contributed by atoms with Crippen LogP contribution in [-0.2, 0) is 10.1 Å². The summed E-state index contributed by atoms with van der Waals surface area (Å²) in [6.07, 6.45) is 7.35. The molecule has 0 saturated heterocycles. The highest BCUT2D eigenvalue weighted by molar-refractivity contribution is 7.87. The molecule has 0 bridgehead atoms. The number of Topliss-reactive ketones (excluding diaryl/α,β-unsaturated/α-hetero) is 1. The number of hydrogen-bond donors (Lipinski definition) is 1. The van der Waals surface area contributed by atoms with E-state index >= 15 is 0 Å². The Kier molecular flexibility index (Phi) is 10.0. The third kappa shape index (κ3) is 7.12. The molecule has 0 aromatic heterocycles. The zero-order chi connectivity index (χ0) is 24.4. The number of rotatable bonds is 14. The Morgan fingerprint density at radius 2 is 1.52 bits per heavy atom. The van der Waals surface area contributed by atoms with Gasteiger partial charge in [-0.3, -0.25) is 4.79 Å². The number of carbonyl (C=O) groups is 1. The minimum atomic E-state index is -4.30. The van der Waals surface area contributed by atoms with E-state index in [9.17, 15) is 18.3 Å². The monoisotopic (exact) mass is 478 g/mol. The van der Waals surface area contributed by atoms with Crippen molar-refractivity contribution in [3.05, 3.63) is 41.5 Å². The van der Waals surface area contributed by atoms with Crippen LogP contribution < -0.4 is 13.7 Å². The van der Waals surface area contributed by atoms with Crippen molar-refractivity contribution in [2.45, 2.75) is 70.1 Å². The van der Waals surface area contributed by atoms with Gasteiger partial charge >= 0.3 is 10.1 Å². The average Bonchev–Trinajstić information content (AvgIpc) is 2.78. The van der Waals surface area contributed by atoms with Crippen LogP contribution in [0.1, 0.15) is 74.2 Å². The Labute approximate surface area is 196 Å². The highest BCUT2D eigenvalue weighted by Gasteiger charge is 2.30. The first-order chi connectivity index (χ1) is 15.7. The van der Waals surface area contributed by atoms with Gasteiger partial charge in [-0.15, -0.1) is 0 Å². The van der Waals surface area contributed by atoms with Crippen LogP contribution in [0.2, 0.25) is 0 Å². The third-order valence-electron chi connectivity index (χ3n) is 5.39. The maximum absolute atomic E-state index is 13.0. The van der Waals surface area contributed by atoms with E-state index in [0.717, 1.165) is 24.8 Å². The number of phenolic OH excluding ortho intramolecular Hbond substituents is 1. The smallest absolute Gasteiger partial charge is 0.339 e. The topological polar surface area (TPSA) is 99.1 Å². The molecule has 1 N–H and O–H groups in total. The van der Waals surface area contributed by atoms with Crippen LogP contribution in [0.15, 0.2) is 35.2 Å². The van der Waals surface area contributed by atoms with E-state index in [1.54, 1.807) is 12.1 Å². The number of ketones is 1. The number of ether oxygens (including phenoxy) is 2. The van der Waals surface area contributed by atoms with Crippen LogP contribution in [0.5, 0.6) is 23.0 Å². The Morgan fingerprint density at radius 3 is 2.09 bits per heavy atom. The van der Waals surface area contributed by atoms with Crippen LogP contribution >= 0.6 is 0 Å². The average molecular weight is 479 g/mol. The summed E-state index contributed by atoms with van der Waals surface area (Å²) >= 11 is 0. The van der Waals surface area contributed by atoms with Crippen LogP contribution in [0, 0.1) is 6.92 Å². The van der Waals surface area contributed by atoms with Crippen molar-refractivity contribution < 1.29 is 32.0 Å². The molecule has 182 valence electrons. The molecule has 2 aromatic carbocycles. The lowest BCUT2D eigenvalue weighted by molar-refractivity contribution is 0.0974. The van der Waals surface area contributed by atoms with Gasteiger partial charge in [0.2, 0.25) is 11.5 Å². The lowest BCUT2D eigenvalue weighted by atomic mass is 10.0. The number of aromatic hydroxyl groups is 1. The van der Waals surface area contributed by atoms with Crippen molar-refractivity contribution >= 4 is 15.9 Å². The van der Waals surface area contributed by atoms with E-state index in [4.69, 9.17) is 13.7 Å². The minimum absolute atomic E-state index is 0.0524. The lowest BCUT2D eigenvalue weighted by Gasteiger charge is -2.18. The number of carbonyl (C=O) groups excluding carboxylic acids is 1.